The molecule has 0 aliphatic carbocycles. The average molecular weight is 323 g/mol. The van der Waals surface area contributed by atoms with Gasteiger partial charge in [0.25, 0.3) is 0 Å². The maximum atomic E-state index is 12.4. The second kappa shape index (κ2) is 7.91. The van der Waals surface area contributed by atoms with Gasteiger partial charge in [0.15, 0.2) is 5.78 Å². The molecular weight excluding hydrogens is 298 g/mol. The molecule has 1 amide bonds. The Labute approximate surface area is 144 Å². The minimum atomic E-state index is -0.0931. The van der Waals surface area contributed by atoms with Gasteiger partial charge >= 0.3 is 0 Å². The molecule has 0 aliphatic heterocycles. The quantitative estimate of drug-likeness (QED) is 0.798. The number of hydrogen-bond acceptors (Lipinski definition) is 2. The molecular formula is C21H25NO2. The second-order valence-electron chi connectivity index (χ2n) is 6.39. The molecule has 0 heterocycles. The molecule has 1 unspecified atom stereocenters. The molecule has 2 rings (SSSR count). The van der Waals surface area contributed by atoms with Crippen molar-refractivity contribution in [3.05, 3.63) is 70.3 Å². The highest BCUT2D eigenvalue weighted by Crippen LogP contribution is 2.17. The second-order valence-corrected chi connectivity index (χ2v) is 6.39. The zero-order chi connectivity index (χ0) is 17.7. The maximum absolute atomic E-state index is 12.4. The van der Waals surface area contributed by atoms with Crippen molar-refractivity contribution in [3.63, 3.8) is 0 Å². The summed E-state index contributed by atoms with van der Waals surface area (Å²) < 4.78 is 0. The predicted molar refractivity (Wildman–Crippen MR) is 97.2 cm³/mol. The highest BCUT2D eigenvalue weighted by Gasteiger charge is 2.14. The van der Waals surface area contributed by atoms with Gasteiger partial charge in [0.1, 0.15) is 0 Å². The summed E-state index contributed by atoms with van der Waals surface area (Å²) in [6.45, 7) is 7.88. The van der Waals surface area contributed by atoms with Gasteiger partial charge in [-0.3, -0.25) is 9.59 Å². The number of rotatable bonds is 6. The third-order valence-electron chi connectivity index (χ3n) is 4.31. The van der Waals surface area contributed by atoms with E-state index in [4.69, 9.17) is 0 Å². The fraction of sp³-hybridized carbons (Fsp3) is 0.333. The Hall–Kier alpha value is -2.42. The average Bonchev–Trinajstić information content (AvgIpc) is 2.55. The third kappa shape index (κ3) is 4.54. The van der Waals surface area contributed by atoms with E-state index in [1.807, 2.05) is 70.2 Å². The molecule has 0 aromatic heterocycles. The number of aryl methyl sites for hydroxylation is 3. The van der Waals surface area contributed by atoms with Crippen LogP contribution in [0.5, 0.6) is 0 Å². The van der Waals surface area contributed by atoms with Crippen molar-refractivity contribution in [2.45, 2.75) is 46.6 Å². The summed E-state index contributed by atoms with van der Waals surface area (Å²) in [6, 6.07) is 13.8. The Morgan fingerprint density at radius 2 is 1.67 bits per heavy atom. The van der Waals surface area contributed by atoms with Gasteiger partial charge in [-0.05, 0) is 50.5 Å². The molecule has 0 fully saturated rings. The lowest BCUT2D eigenvalue weighted by molar-refractivity contribution is -0.121. The molecule has 0 saturated heterocycles. The summed E-state index contributed by atoms with van der Waals surface area (Å²) in [6.07, 6.45) is 0.444. The maximum Gasteiger partial charge on any atom is 0.220 e. The summed E-state index contributed by atoms with van der Waals surface area (Å²) in [4.78, 5) is 24.5. The van der Waals surface area contributed by atoms with Gasteiger partial charge in [-0.15, -0.1) is 0 Å². The highest BCUT2D eigenvalue weighted by molar-refractivity contribution is 5.99. The molecule has 0 bridgehead atoms. The highest BCUT2D eigenvalue weighted by atomic mass is 16.2. The van der Waals surface area contributed by atoms with Crippen LogP contribution in [0.1, 0.15) is 58.4 Å². The summed E-state index contributed by atoms with van der Waals surface area (Å²) in [7, 11) is 0. The Kier molecular flexibility index (Phi) is 5.91. The first-order chi connectivity index (χ1) is 11.4. The molecule has 1 atom stereocenters. The van der Waals surface area contributed by atoms with Crippen LogP contribution in [0, 0.1) is 20.8 Å². The van der Waals surface area contributed by atoms with Crippen molar-refractivity contribution in [1.29, 1.82) is 0 Å². The SMILES string of the molecule is Cc1ccc(C)c(C(=O)CCC(=O)NC(C)c2ccccc2C)c1. The van der Waals surface area contributed by atoms with Crippen LogP contribution in [0.25, 0.3) is 0 Å². The van der Waals surface area contributed by atoms with Gasteiger partial charge in [-0.2, -0.15) is 0 Å². The summed E-state index contributed by atoms with van der Waals surface area (Å²) in [5.41, 5.74) is 4.99. The Bertz CT molecular complexity index is 749. The van der Waals surface area contributed by atoms with Gasteiger partial charge in [-0.1, -0.05) is 42.0 Å². The summed E-state index contributed by atoms with van der Waals surface area (Å²) >= 11 is 0. The van der Waals surface area contributed by atoms with Crippen molar-refractivity contribution < 1.29 is 9.59 Å². The summed E-state index contributed by atoms with van der Waals surface area (Å²) in [5, 5.41) is 2.98. The number of carbonyl (C=O) groups is 2. The normalized spacial score (nSPS) is 11.8. The lowest BCUT2D eigenvalue weighted by atomic mass is 9.99. The van der Waals surface area contributed by atoms with E-state index in [1.165, 1.54) is 0 Å². The van der Waals surface area contributed by atoms with Crippen molar-refractivity contribution in [2.75, 3.05) is 0 Å². The lowest BCUT2D eigenvalue weighted by Crippen LogP contribution is -2.27. The molecule has 3 heteroatoms. The number of hydrogen-bond donors (Lipinski definition) is 1. The van der Waals surface area contributed by atoms with E-state index in [1.54, 1.807) is 0 Å². The van der Waals surface area contributed by atoms with Crippen molar-refractivity contribution in [1.82, 2.24) is 5.32 Å². The monoisotopic (exact) mass is 323 g/mol. The van der Waals surface area contributed by atoms with Crippen LogP contribution in [0.15, 0.2) is 42.5 Å². The number of Topliss-reactive ketones (excluding diaryl/α,β-unsaturated/α-hetero) is 1. The van der Waals surface area contributed by atoms with Crippen LogP contribution >= 0.6 is 0 Å². The fourth-order valence-corrected chi connectivity index (χ4v) is 2.86. The first-order valence-electron chi connectivity index (χ1n) is 8.34. The van der Waals surface area contributed by atoms with Crippen molar-refractivity contribution in [2.24, 2.45) is 0 Å². The molecule has 2 aromatic carbocycles. The molecule has 2 aromatic rings. The molecule has 24 heavy (non-hydrogen) atoms. The molecule has 3 nitrogen and oxygen atoms in total. The standard InChI is InChI=1S/C21H25NO2/c1-14-9-10-16(3)19(13-14)20(23)11-12-21(24)22-17(4)18-8-6-5-7-15(18)2/h5-10,13,17H,11-12H2,1-4H3,(H,22,24). The van der Waals surface area contributed by atoms with E-state index in [-0.39, 0.29) is 30.6 Å². The van der Waals surface area contributed by atoms with Gasteiger partial charge < -0.3 is 5.32 Å². The molecule has 0 radical (unpaired) electrons. The van der Waals surface area contributed by atoms with Crippen LogP contribution in [0.2, 0.25) is 0 Å². The largest absolute Gasteiger partial charge is 0.350 e. The Morgan fingerprint density at radius 3 is 2.38 bits per heavy atom. The van der Waals surface area contributed by atoms with Gasteiger partial charge in [0, 0.05) is 18.4 Å². The fourth-order valence-electron chi connectivity index (χ4n) is 2.86. The van der Waals surface area contributed by atoms with Crippen LogP contribution < -0.4 is 5.32 Å². The molecule has 1 N–H and O–H groups in total. The molecule has 0 aliphatic rings. The zero-order valence-electron chi connectivity index (χ0n) is 14.8. The Morgan fingerprint density at radius 1 is 0.958 bits per heavy atom. The van der Waals surface area contributed by atoms with Crippen LogP contribution in [-0.2, 0) is 4.79 Å². The third-order valence-corrected chi connectivity index (χ3v) is 4.31. The Balaban J connectivity index is 1.92. The van der Waals surface area contributed by atoms with E-state index in [0.29, 0.717) is 0 Å². The minimum Gasteiger partial charge on any atom is -0.350 e. The van der Waals surface area contributed by atoms with E-state index < -0.39 is 0 Å². The number of ketones is 1. The van der Waals surface area contributed by atoms with E-state index in [9.17, 15) is 9.59 Å². The molecule has 126 valence electrons. The first-order valence-corrected chi connectivity index (χ1v) is 8.34. The van der Waals surface area contributed by atoms with Crippen LogP contribution in [0.4, 0.5) is 0 Å². The van der Waals surface area contributed by atoms with Gasteiger partial charge in [-0.25, -0.2) is 0 Å². The smallest absolute Gasteiger partial charge is 0.220 e. The van der Waals surface area contributed by atoms with Crippen molar-refractivity contribution in [3.8, 4) is 0 Å². The van der Waals surface area contributed by atoms with Crippen molar-refractivity contribution >= 4 is 11.7 Å². The van der Waals surface area contributed by atoms with Gasteiger partial charge in [0.05, 0.1) is 6.04 Å². The number of amides is 1. The minimum absolute atomic E-state index is 0.0231. The first kappa shape index (κ1) is 17.9. The number of benzene rings is 2. The number of carbonyl (C=O) groups excluding carboxylic acids is 2. The predicted octanol–water partition coefficient (Wildman–Crippen LogP) is 4.45. The van der Waals surface area contributed by atoms with Gasteiger partial charge in [0.2, 0.25) is 5.91 Å². The van der Waals surface area contributed by atoms with Crippen LogP contribution in [-0.4, -0.2) is 11.7 Å². The zero-order valence-corrected chi connectivity index (χ0v) is 14.8. The lowest BCUT2D eigenvalue weighted by Gasteiger charge is -2.16. The van der Waals surface area contributed by atoms with Crippen LogP contribution in [0.3, 0.4) is 0 Å². The molecule has 0 spiro atoms. The van der Waals surface area contributed by atoms with E-state index >= 15 is 0 Å². The van der Waals surface area contributed by atoms with E-state index in [2.05, 4.69) is 5.32 Å². The number of nitrogens with one attached hydrogen (secondary N) is 1. The van der Waals surface area contributed by atoms with E-state index in [0.717, 1.165) is 27.8 Å². The topological polar surface area (TPSA) is 46.2 Å². The summed E-state index contributed by atoms with van der Waals surface area (Å²) in [5.74, 6) is -0.0701. The molecule has 0 saturated carbocycles.